The van der Waals surface area contributed by atoms with Crippen LogP contribution in [0.4, 0.5) is 5.82 Å². The summed E-state index contributed by atoms with van der Waals surface area (Å²) in [5, 5.41) is 4.16. The summed E-state index contributed by atoms with van der Waals surface area (Å²) < 4.78 is 7.22. The summed E-state index contributed by atoms with van der Waals surface area (Å²) in [4.78, 5) is 0. The molecule has 0 spiro atoms. The van der Waals surface area contributed by atoms with Crippen LogP contribution in [-0.4, -0.2) is 9.78 Å². The van der Waals surface area contributed by atoms with Gasteiger partial charge < -0.3 is 10.5 Å². The van der Waals surface area contributed by atoms with Gasteiger partial charge in [-0.05, 0) is 6.07 Å². The number of hydrogen-bond donors (Lipinski definition) is 1. The number of rotatable bonds is 0. The van der Waals surface area contributed by atoms with E-state index in [1.807, 2.05) is 24.3 Å². The highest BCUT2D eigenvalue weighted by atomic mass is 16.5. The van der Waals surface area contributed by atoms with Gasteiger partial charge >= 0.3 is 0 Å². The Balaban J connectivity index is 2.28. The average Bonchev–Trinajstić information content (AvgIpc) is 2.59. The van der Waals surface area contributed by atoms with Gasteiger partial charge in [0.1, 0.15) is 12.4 Å². The van der Waals surface area contributed by atoms with E-state index < -0.39 is 0 Å². The van der Waals surface area contributed by atoms with Gasteiger partial charge in [-0.25, -0.2) is 0 Å². The molecule has 1 aromatic carbocycles. The van der Waals surface area contributed by atoms with E-state index in [1.54, 1.807) is 10.7 Å². The minimum atomic E-state index is 0.483. The smallest absolute Gasteiger partial charge is 0.219 e. The summed E-state index contributed by atoms with van der Waals surface area (Å²) >= 11 is 0. The number of benzene rings is 1. The number of ether oxygens (including phenoxy) is 1. The van der Waals surface area contributed by atoms with Crippen LogP contribution in [0, 0.1) is 0 Å². The SMILES string of the molecule is Nc1cc2n(n1)-c1ccccc1CO2. The molecule has 0 saturated heterocycles. The van der Waals surface area contributed by atoms with Crippen LogP contribution >= 0.6 is 0 Å². The number of para-hydroxylation sites is 1. The summed E-state index contributed by atoms with van der Waals surface area (Å²) in [5.74, 6) is 1.19. The maximum atomic E-state index is 5.60. The molecule has 4 nitrogen and oxygen atoms in total. The van der Waals surface area contributed by atoms with Crippen molar-refractivity contribution >= 4 is 5.82 Å². The van der Waals surface area contributed by atoms with Crippen LogP contribution in [0.5, 0.6) is 5.88 Å². The maximum Gasteiger partial charge on any atom is 0.219 e. The van der Waals surface area contributed by atoms with Crippen LogP contribution in [0.1, 0.15) is 5.56 Å². The van der Waals surface area contributed by atoms with Gasteiger partial charge in [0.25, 0.3) is 0 Å². The van der Waals surface area contributed by atoms with Gasteiger partial charge in [0.2, 0.25) is 5.88 Å². The predicted octanol–water partition coefficient (Wildman–Crippen LogP) is 1.35. The first kappa shape index (κ1) is 7.44. The Kier molecular flexibility index (Phi) is 1.33. The number of nitrogen functional groups attached to an aromatic ring is 1. The lowest BCUT2D eigenvalue weighted by atomic mass is 10.2. The van der Waals surface area contributed by atoms with E-state index >= 15 is 0 Å². The Morgan fingerprint density at radius 2 is 2.21 bits per heavy atom. The summed E-state index contributed by atoms with van der Waals surface area (Å²) in [6.07, 6.45) is 0. The molecule has 0 saturated carbocycles. The van der Waals surface area contributed by atoms with Gasteiger partial charge in [-0.15, -0.1) is 5.10 Å². The number of fused-ring (bicyclic) bond motifs is 3. The molecule has 0 unspecified atom stereocenters. The van der Waals surface area contributed by atoms with Crippen molar-refractivity contribution in [3.8, 4) is 11.6 Å². The summed E-state index contributed by atoms with van der Waals surface area (Å²) in [5.41, 5.74) is 7.78. The Morgan fingerprint density at radius 1 is 1.36 bits per heavy atom. The molecule has 2 aromatic rings. The van der Waals surface area contributed by atoms with Gasteiger partial charge in [0.05, 0.1) is 5.69 Å². The Bertz CT molecular complexity index is 490. The second-order valence-corrected chi connectivity index (χ2v) is 3.24. The molecule has 0 bridgehead atoms. The van der Waals surface area contributed by atoms with Gasteiger partial charge in [0, 0.05) is 11.6 Å². The fourth-order valence-corrected chi connectivity index (χ4v) is 1.65. The molecule has 1 aliphatic heterocycles. The van der Waals surface area contributed by atoms with Crippen molar-refractivity contribution in [3.05, 3.63) is 35.9 Å². The molecule has 0 aliphatic carbocycles. The van der Waals surface area contributed by atoms with Gasteiger partial charge in [-0.1, -0.05) is 18.2 Å². The van der Waals surface area contributed by atoms with Crippen molar-refractivity contribution in [1.82, 2.24) is 9.78 Å². The molecule has 1 aliphatic rings. The van der Waals surface area contributed by atoms with E-state index in [-0.39, 0.29) is 0 Å². The highest BCUT2D eigenvalue weighted by Gasteiger charge is 2.17. The Morgan fingerprint density at radius 3 is 3.14 bits per heavy atom. The largest absolute Gasteiger partial charge is 0.473 e. The Hall–Kier alpha value is -1.97. The lowest BCUT2D eigenvalue weighted by Gasteiger charge is -2.17. The molecule has 14 heavy (non-hydrogen) atoms. The topological polar surface area (TPSA) is 53.1 Å². The summed E-state index contributed by atoms with van der Waals surface area (Å²) in [6, 6.07) is 9.73. The normalized spacial score (nSPS) is 12.9. The van der Waals surface area contributed by atoms with E-state index in [9.17, 15) is 0 Å². The Labute approximate surface area is 80.9 Å². The maximum absolute atomic E-state index is 5.60. The molecule has 0 amide bonds. The van der Waals surface area contributed by atoms with Crippen molar-refractivity contribution in [2.24, 2.45) is 0 Å². The van der Waals surface area contributed by atoms with Gasteiger partial charge in [-0.2, -0.15) is 4.68 Å². The second-order valence-electron chi connectivity index (χ2n) is 3.24. The first-order valence-electron chi connectivity index (χ1n) is 4.41. The van der Waals surface area contributed by atoms with Crippen molar-refractivity contribution in [1.29, 1.82) is 0 Å². The number of hydrogen-bond acceptors (Lipinski definition) is 3. The van der Waals surface area contributed by atoms with Crippen molar-refractivity contribution in [2.75, 3.05) is 5.73 Å². The zero-order chi connectivity index (χ0) is 9.54. The molecular formula is C10H9N3O. The van der Waals surface area contributed by atoms with Crippen molar-refractivity contribution < 1.29 is 4.74 Å². The van der Waals surface area contributed by atoms with E-state index in [1.165, 1.54) is 0 Å². The van der Waals surface area contributed by atoms with Gasteiger partial charge in [-0.3, -0.25) is 0 Å². The van der Waals surface area contributed by atoms with E-state index in [0.717, 1.165) is 11.3 Å². The molecule has 4 heteroatoms. The monoisotopic (exact) mass is 187 g/mol. The highest BCUT2D eigenvalue weighted by molar-refractivity contribution is 5.48. The third-order valence-corrected chi connectivity index (χ3v) is 2.29. The second kappa shape index (κ2) is 2.51. The van der Waals surface area contributed by atoms with Crippen LogP contribution in [0.3, 0.4) is 0 Å². The molecule has 0 radical (unpaired) electrons. The standard InChI is InChI=1S/C10H9N3O/c11-9-5-10-13(12-9)8-4-2-1-3-7(8)6-14-10/h1-5H,6H2,(H2,11,12). The lowest BCUT2D eigenvalue weighted by Crippen LogP contribution is -2.12. The molecule has 1 aromatic heterocycles. The van der Waals surface area contributed by atoms with E-state index in [2.05, 4.69) is 5.10 Å². The van der Waals surface area contributed by atoms with Crippen LogP contribution in [-0.2, 0) is 6.61 Å². The summed E-state index contributed by atoms with van der Waals surface area (Å²) in [6.45, 7) is 0.585. The first-order valence-corrected chi connectivity index (χ1v) is 4.41. The first-order chi connectivity index (χ1) is 6.84. The third-order valence-electron chi connectivity index (χ3n) is 2.29. The van der Waals surface area contributed by atoms with Crippen LogP contribution in [0.2, 0.25) is 0 Å². The van der Waals surface area contributed by atoms with Crippen LogP contribution < -0.4 is 10.5 Å². The molecule has 2 N–H and O–H groups in total. The zero-order valence-corrected chi connectivity index (χ0v) is 7.47. The minimum Gasteiger partial charge on any atom is -0.473 e. The van der Waals surface area contributed by atoms with Crippen LogP contribution in [0.25, 0.3) is 5.69 Å². The molecular weight excluding hydrogens is 178 g/mol. The molecule has 70 valence electrons. The van der Waals surface area contributed by atoms with Crippen molar-refractivity contribution in [2.45, 2.75) is 6.61 Å². The molecule has 2 heterocycles. The summed E-state index contributed by atoms with van der Waals surface area (Å²) in [7, 11) is 0. The molecule has 0 fully saturated rings. The number of nitrogens with two attached hydrogens (primary N) is 1. The fraction of sp³-hybridized carbons (Fsp3) is 0.100. The highest BCUT2D eigenvalue weighted by Crippen LogP contribution is 2.28. The fourth-order valence-electron chi connectivity index (χ4n) is 1.65. The quantitative estimate of drug-likeness (QED) is 0.677. The number of nitrogens with zero attached hydrogens (tertiary/aromatic N) is 2. The number of aromatic nitrogens is 2. The van der Waals surface area contributed by atoms with Gasteiger partial charge in [0.15, 0.2) is 0 Å². The lowest BCUT2D eigenvalue weighted by molar-refractivity contribution is 0.271. The predicted molar refractivity (Wildman–Crippen MR) is 52.3 cm³/mol. The van der Waals surface area contributed by atoms with E-state index in [0.29, 0.717) is 18.3 Å². The van der Waals surface area contributed by atoms with E-state index in [4.69, 9.17) is 10.5 Å². The van der Waals surface area contributed by atoms with Crippen LogP contribution in [0.15, 0.2) is 30.3 Å². The molecule has 3 rings (SSSR count). The third kappa shape index (κ3) is 0.907. The molecule has 0 atom stereocenters. The van der Waals surface area contributed by atoms with Crippen molar-refractivity contribution in [3.63, 3.8) is 0 Å². The average molecular weight is 187 g/mol. The minimum absolute atomic E-state index is 0.483. The number of anilines is 1. The zero-order valence-electron chi connectivity index (χ0n) is 7.47.